The molecule has 0 aliphatic heterocycles. The van der Waals surface area contributed by atoms with Gasteiger partial charge in [-0.25, -0.2) is 0 Å². The van der Waals surface area contributed by atoms with E-state index < -0.39 is 0 Å². The molecule has 1 fully saturated rings. The van der Waals surface area contributed by atoms with Crippen molar-refractivity contribution in [3.63, 3.8) is 0 Å². The molecule has 0 unspecified atom stereocenters. The van der Waals surface area contributed by atoms with Gasteiger partial charge in [-0.15, -0.1) is 0 Å². The van der Waals surface area contributed by atoms with Crippen molar-refractivity contribution in [3.8, 4) is 5.75 Å². The topological polar surface area (TPSA) is 73.2 Å². The fourth-order valence-corrected chi connectivity index (χ4v) is 4.10. The van der Waals surface area contributed by atoms with Crippen LogP contribution in [0.25, 0.3) is 10.9 Å². The van der Waals surface area contributed by atoms with Crippen LogP contribution in [0.15, 0.2) is 47.4 Å². The fraction of sp³-hybridized carbons (Fsp3) is 0.375. The lowest BCUT2D eigenvalue weighted by Gasteiger charge is -2.23. The molecule has 0 radical (unpaired) electrons. The summed E-state index contributed by atoms with van der Waals surface area (Å²) in [5.74, 6) is 0.636. The SMILES string of the molecule is COc1ccc(Cn2ccc3nc(C)c(C(=O)NC4CCCCC4)cc3c2=O)cc1. The Labute approximate surface area is 175 Å². The second-order valence-electron chi connectivity index (χ2n) is 7.96. The van der Waals surface area contributed by atoms with Crippen LogP contribution < -0.4 is 15.6 Å². The van der Waals surface area contributed by atoms with Crippen molar-refractivity contribution in [2.45, 2.75) is 51.6 Å². The maximum absolute atomic E-state index is 13.1. The molecule has 0 spiro atoms. The number of aryl methyl sites for hydroxylation is 1. The zero-order chi connectivity index (χ0) is 21.1. The number of nitrogens with one attached hydrogen (secondary N) is 1. The van der Waals surface area contributed by atoms with E-state index in [0.29, 0.717) is 28.7 Å². The largest absolute Gasteiger partial charge is 0.497 e. The van der Waals surface area contributed by atoms with Crippen molar-refractivity contribution in [2.24, 2.45) is 0 Å². The van der Waals surface area contributed by atoms with Gasteiger partial charge in [0, 0.05) is 12.2 Å². The summed E-state index contributed by atoms with van der Waals surface area (Å²) in [5.41, 5.74) is 2.57. The number of nitrogens with zero attached hydrogens (tertiary/aromatic N) is 2. The van der Waals surface area contributed by atoms with Gasteiger partial charge in [0.2, 0.25) is 0 Å². The molecule has 1 aliphatic carbocycles. The first-order valence-corrected chi connectivity index (χ1v) is 10.5. The van der Waals surface area contributed by atoms with Gasteiger partial charge in [-0.3, -0.25) is 14.6 Å². The summed E-state index contributed by atoms with van der Waals surface area (Å²) < 4.78 is 6.83. The number of benzene rings is 1. The number of carbonyl (C=O) groups excluding carboxylic acids is 1. The van der Waals surface area contributed by atoms with Crippen LogP contribution >= 0.6 is 0 Å². The minimum Gasteiger partial charge on any atom is -0.497 e. The molecule has 1 aromatic carbocycles. The maximum atomic E-state index is 13.1. The molecule has 1 aliphatic rings. The van der Waals surface area contributed by atoms with Crippen LogP contribution in [-0.2, 0) is 6.54 Å². The third-order valence-electron chi connectivity index (χ3n) is 5.84. The Morgan fingerprint density at radius 3 is 2.60 bits per heavy atom. The van der Waals surface area contributed by atoms with Crippen molar-refractivity contribution in [3.05, 3.63) is 69.8 Å². The Hall–Kier alpha value is -3.15. The van der Waals surface area contributed by atoms with Crippen molar-refractivity contribution < 1.29 is 9.53 Å². The van der Waals surface area contributed by atoms with Crippen molar-refractivity contribution in [1.82, 2.24) is 14.9 Å². The van der Waals surface area contributed by atoms with Crippen LogP contribution in [-0.4, -0.2) is 28.6 Å². The minimum absolute atomic E-state index is 0.140. The zero-order valence-electron chi connectivity index (χ0n) is 17.5. The molecular formula is C24H27N3O3. The van der Waals surface area contributed by atoms with Crippen molar-refractivity contribution in [2.75, 3.05) is 7.11 Å². The minimum atomic E-state index is -0.150. The van der Waals surface area contributed by atoms with Crippen LogP contribution in [0.1, 0.15) is 53.7 Å². The molecule has 1 N–H and O–H groups in total. The molecule has 4 rings (SSSR count). The van der Waals surface area contributed by atoms with E-state index in [-0.39, 0.29) is 17.5 Å². The molecule has 1 amide bonds. The van der Waals surface area contributed by atoms with E-state index in [1.807, 2.05) is 37.3 Å². The maximum Gasteiger partial charge on any atom is 0.260 e. The van der Waals surface area contributed by atoms with E-state index in [2.05, 4.69) is 10.3 Å². The van der Waals surface area contributed by atoms with E-state index in [1.54, 1.807) is 23.9 Å². The number of fused-ring (bicyclic) bond motifs is 1. The van der Waals surface area contributed by atoms with Gasteiger partial charge in [0.15, 0.2) is 0 Å². The Kier molecular flexibility index (Phi) is 5.84. The lowest BCUT2D eigenvalue weighted by Crippen LogP contribution is -2.36. The number of carbonyl (C=O) groups is 1. The van der Waals surface area contributed by atoms with Gasteiger partial charge in [-0.2, -0.15) is 0 Å². The highest BCUT2D eigenvalue weighted by atomic mass is 16.5. The van der Waals surface area contributed by atoms with Crippen molar-refractivity contribution >= 4 is 16.8 Å². The molecule has 2 heterocycles. The highest BCUT2D eigenvalue weighted by Crippen LogP contribution is 2.19. The van der Waals surface area contributed by atoms with E-state index in [0.717, 1.165) is 37.0 Å². The standard InChI is InChI=1S/C24H27N3O3/c1-16-20(23(28)26-18-6-4-3-5-7-18)14-21-22(25-16)12-13-27(24(21)29)15-17-8-10-19(30-2)11-9-17/h8-14,18H,3-7,15H2,1-2H3,(H,26,28). The number of amides is 1. The third kappa shape index (κ3) is 4.22. The number of hydrogen-bond donors (Lipinski definition) is 1. The number of methoxy groups -OCH3 is 1. The second-order valence-corrected chi connectivity index (χ2v) is 7.96. The second kappa shape index (κ2) is 8.69. The first-order chi connectivity index (χ1) is 14.5. The summed E-state index contributed by atoms with van der Waals surface area (Å²) >= 11 is 0. The molecule has 6 nitrogen and oxygen atoms in total. The molecule has 30 heavy (non-hydrogen) atoms. The van der Waals surface area contributed by atoms with E-state index in [4.69, 9.17) is 4.74 Å². The predicted octanol–water partition coefficient (Wildman–Crippen LogP) is 3.82. The number of rotatable bonds is 5. The van der Waals surface area contributed by atoms with Gasteiger partial charge in [0.1, 0.15) is 5.75 Å². The van der Waals surface area contributed by atoms with Gasteiger partial charge >= 0.3 is 0 Å². The number of pyridine rings is 2. The third-order valence-corrected chi connectivity index (χ3v) is 5.84. The molecule has 156 valence electrons. The monoisotopic (exact) mass is 405 g/mol. The lowest BCUT2D eigenvalue weighted by atomic mass is 9.95. The van der Waals surface area contributed by atoms with E-state index in [1.165, 1.54) is 6.42 Å². The molecule has 0 bridgehead atoms. The first-order valence-electron chi connectivity index (χ1n) is 10.5. The summed E-state index contributed by atoms with van der Waals surface area (Å²) in [5, 5.41) is 3.59. The fourth-order valence-electron chi connectivity index (χ4n) is 4.10. The molecule has 2 aromatic heterocycles. The summed E-state index contributed by atoms with van der Waals surface area (Å²) in [6.45, 7) is 2.26. The van der Waals surface area contributed by atoms with Crippen LogP contribution in [0.2, 0.25) is 0 Å². The highest BCUT2D eigenvalue weighted by Gasteiger charge is 2.19. The average molecular weight is 405 g/mol. The van der Waals surface area contributed by atoms with Gasteiger partial charge in [0.25, 0.3) is 11.5 Å². The molecule has 6 heteroatoms. The van der Waals surface area contributed by atoms with Crippen LogP contribution in [0.3, 0.4) is 0 Å². The summed E-state index contributed by atoms with van der Waals surface area (Å²) in [6.07, 6.45) is 7.31. The molecule has 0 saturated heterocycles. The van der Waals surface area contributed by atoms with Gasteiger partial charge in [-0.1, -0.05) is 31.4 Å². The molecule has 0 atom stereocenters. The van der Waals surface area contributed by atoms with Gasteiger partial charge < -0.3 is 14.6 Å². The quantitative estimate of drug-likeness (QED) is 0.700. The molecule has 3 aromatic rings. The Morgan fingerprint density at radius 1 is 1.17 bits per heavy atom. The van der Waals surface area contributed by atoms with Gasteiger partial charge in [0.05, 0.1) is 35.8 Å². The Bertz CT molecular complexity index is 1110. The summed E-state index contributed by atoms with van der Waals surface area (Å²) in [7, 11) is 1.62. The number of aromatic nitrogens is 2. The predicted molar refractivity (Wildman–Crippen MR) is 117 cm³/mol. The van der Waals surface area contributed by atoms with Gasteiger partial charge in [-0.05, 0) is 49.6 Å². The smallest absolute Gasteiger partial charge is 0.260 e. The molecule has 1 saturated carbocycles. The first kappa shape index (κ1) is 20.1. The molecular weight excluding hydrogens is 378 g/mol. The van der Waals surface area contributed by atoms with Crippen LogP contribution in [0, 0.1) is 6.92 Å². The Morgan fingerprint density at radius 2 is 1.90 bits per heavy atom. The van der Waals surface area contributed by atoms with Crippen LogP contribution in [0.5, 0.6) is 5.75 Å². The summed E-state index contributed by atoms with van der Waals surface area (Å²) in [6, 6.07) is 11.4. The number of ether oxygens (including phenoxy) is 1. The number of hydrogen-bond acceptors (Lipinski definition) is 4. The normalized spacial score (nSPS) is 14.6. The van der Waals surface area contributed by atoms with Crippen molar-refractivity contribution in [1.29, 1.82) is 0 Å². The zero-order valence-corrected chi connectivity index (χ0v) is 17.5. The highest BCUT2D eigenvalue weighted by molar-refractivity contribution is 5.98. The van der Waals surface area contributed by atoms with E-state index >= 15 is 0 Å². The van der Waals surface area contributed by atoms with Crippen LogP contribution in [0.4, 0.5) is 0 Å². The average Bonchev–Trinajstić information content (AvgIpc) is 2.76. The Balaban J connectivity index is 1.63. The summed E-state index contributed by atoms with van der Waals surface area (Å²) in [4.78, 5) is 30.5. The van der Waals surface area contributed by atoms with E-state index in [9.17, 15) is 9.59 Å². The lowest BCUT2D eigenvalue weighted by molar-refractivity contribution is 0.0927.